The molecule has 6 heteroatoms. The summed E-state index contributed by atoms with van der Waals surface area (Å²) in [6, 6.07) is 9.28. The number of nitrogens with one attached hydrogen (secondary N) is 1. The van der Waals surface area contributed by atoms with Gasteiger partial charge >= 0.3 is 5.97 Å². The fourth-order valence-corrected chi connectivity index (χ4v) is 2.00. The van der Waals surface area contributed by atoms with Crippen molar-refractivity contribution >= 4 is 11.7 Å². The first-order valence-electron chi connectivity index (χ1n) is 6.56. The molecule has 22 heavy (non-hydrogen) atoms. The number of rotatable bonds is 5. The fourth-order valence-electron chi connectivity index (χ4n) is 2.00. The number of carbonyl (C=O) groups excluding carboxylic acids is 1. The number of phenols is 2. The first kappa shape index (κ1) is 15.5. The first-order chi connectivity index (χ1) is 10.5. The van der Waals surface area contributed by atoms with Gasteiger partial charge < -0.3 is 25.0 Å². The maximum Gasteiger partial charge on any atom is 0.341 e. The summed E-state index contributed by atoms with van der Waals surface area (Å²) in [4.78, 5) is 11.7. The van der Waals surface area contributed by atoms with Gasteiger partial charge in [0.2, 0.25) is 0 Å². The van der Waals surface area contributed by atoms with Crippen molar-refractivity contribution in [2.24, 2.45) is 0 Å². The molecule has 2 aromatic rings. The van der Waals surface area contributed by atoms with Crippen molar-refractivity contribution < 1.29 is 24.5 Å². The molecule has 0 bridgehead atoms. The Labute approximate surface area is 127 Å². The van der Waals surface area contributed by atoms with E-state index in [0.29, 0.717) is 22.6 Å². The standard InChI is InChI=1S/C16H17NO5/c1-21-15-6-3-11(8-13(15)16(20)22-2)17-9-10-7-12(18)4-5-14(10)19/h3-8,17-19H,9H2,1-2H3. The number of esters is 1. The minimum absolute atomic E-state index is 0.0691. The van der Waals surface area contributed by atoms with Crippen molar-refractivity contribution in [1.29, 1.82) is 0 Å². The van der Waals surface area contributed by atoms with Crippen LogP contribution in [0.25, 0.3) is 0 Å². The lowest BCUT2D eigenvalue weighted by Gasteiger charge is -2.12. The fraction of sp³-hybridized carbons (Fsp3) is 0.188. The quantitative estimate of drug-likeness (QED) is 0.581. The molecule has 0 aliphatic carbocycles. The van der Waals surface area contributed by atoms with Gasteiger partial charge in [-0.2, -0.15) is 0 Å². The van der Waals surface area contributed by atoms with Gasteiger partial charge in [0.1, 0.15) is 22.8 Å². The second-order valence-corrected chi connectivity index (χ2v) is 4.57. The molecular weight excluding hydrogens is 286 g/mol. The second kappa shape index (κ2) is 6.71. The molecule has 0 saturated heterocycles. The molecule has 0 aliphatic heterocycles. The topological polar surface area (TPSA) is 88.0 Å². The minimum atomic E-state index is -0.499. The number of anilines is 1. The number of methoxy groups -OCH3 is 2. The van der Waals surface area contributed by atoms with E-state index in [2.05, 4.69) is 5.32 Å². The zero-order valence-corrected chi connectivity index (χ0v) is 12.3. The van der Waals surface area contributed by atoms with E-state index in [9.17, 15) is 15.0 Å². The maximum atomic E-state index is 11.7. The highest BCUT2D eigenvalue weighted by molar-refractivity contribution is 5.93. The van der Waals surface area contributed by atoms with Crippen LogP contribution in [-0.2, 0) is 11.3 Å². The van der Waals surface area contributed by atoms with E-state index in [-0.39, 0.29) is 18.0 Å². The summed E-state index contributed by atoms with van der Waals surface area (Å²) < 4.78 is 9.83. The number of carbonyl (C=O) groups is 1. The van der Waals surface area contributed by atoms with Crippen LogP contribution in [0.4, 0.5) is 5.69 Å². The zero-order valence-electron chi connectivity index (χ0n) is 12.3. The highest BCUT2D eigenvalue weighted by atomic mass is 16.5. The molecule has 0 amide bonds. The number of ether oxygens (including phenoxy) is 2. The van der Waals surface area contributed by atoms with E-state index < -0.39 is 5.97 Å². The average Bonchev–Trinajstić information content (AvgIpc) is 2.54. The van der Waals surface area contributed by atoms with E-state index in [1.165, 1.54) is 32.4 Å². The van der Waals surface area contributed by atoms with Gasteiger partial charge in [-0.1, -0.05) is 0 Å². The molecule has 0 unspecified atom stereocenters. The molecule has 2 rings (SSSR count). The molecule has 0 saturated carbocycles. The van der Waals surface area contributed by atoms with Crippen molar-refractivity contribution in [2.45, 2.75) is 6.54 Å². The Morgan fingerprint density at radius 3 is 2.59 bits per heavy atom. The lowest BCUT2D eigenvalue weighted by molar-refractivity contribution is 0.0597. The van der Waals surface area contributed by atoms with E-state index in [1.54, 1.807) is 18.2 Å². The van der Waals surface area contributed by atoms with Gasteiger partial charge in [0.15, 0.2) is 0 Å². The Balaban J connectivity index is 2.19. The van der Waals surface area contributed by atoms with Crippen LogP contribution in [0.15, 0.2) is 36.4 Å². The van der Waals surface area contributed by atoms with Gasteiger partial charge in [-0.15, -0.1) is 0 Å². The number of hydrogen-bond donors (Lipinski definition) is 3. The Morgan fingerprint density at radius 1 is 1.14 bits per heavy atom. The third-order valence-electron chi connectivity index (χ3n) is 3.15. The van der Waals surface area contributed by atoms with Gasteiger partial charge in [-0.05, 0) is 36.4 Å². The largest absolute Gasteiger partial charge is 0.508 e. The summed E-state index contributed by atoms with van der Waals surface area (Å²) in [6.45, 7) is 0.285. The van der Waals surface area contributed by atoms with Gasteiger partial charge in [0, 0.05) is 17.8 Å². The lowest BCUT2D eigenvalue weighted by atomic mass is 10.1. The third-order valence-corrected chi connectivity index (χ3v) is 3.15. The summed E-state index contributed by atoms with van der Waals surface area (Å²) >= 11 is 0. The smallest absolute Gasteiger partial charge is 0.341 e. The van der Waals surface area contributed by atoms with E-state index in [0.717, 1.165) is 0 Å². The zero-order chi connectivity index (χ0) is 16.1. The maximum absolute atomic E-state index is 11.7. The Morgan fingerprint density at radius 2 is 1.91 bits per heavy atom. The Kier molecular flexibility index (Phi) is 4.73. The molecular formula is C16H17NO5. The van der Waals surface area contributed by atoms with Crippen LogP contribution >= 0.6 is 0 Å². The first-order valence-corrected chi connectivity index (χ1v) is 6.56. The normalized spacial score (nSPS) is 10.1. The average molecular weight is 303 g/mol. The molecule has 2 aromatic carbocycles. The van der Waals surface area contributed by atoms with Crippen molar-refractivity contribution in [3.8, 4) is 17.2 Å². The number of benzene rings is 2. The van der Waals surface area contributed by atoms with Gasteiger partial charge in [0.25, 0.3) is 0 Å². The Bertz CT molecular complexity index is 684. The summed E-state index contributed by atoms with van der Waals surface area (Å²) in [5.74, 6) is 0.0601. The van der Waals surface area contributed by atoms with Crippen LogP contribution in [0.2, 0.25) is 0 Å². The highest BCUT2D eigenvalue weighted by Gasteiger charge is 2.13. The molecule has 116 valence electrons. The minimum Gasteiger partial charge on any atom is -0.508 e. The molecule has 0 aromatic heterocycles. The van der Waals surface area contributed by atoms with Gasteiger partial charge in [-0.3, -0.25) is 0 Å². The molecule has 0 radical (unpaired) electrons. The van der Waals surface area contributed by atoms with Crippen molar-refractivity contribution in [2.75, 3.05) is 19.5 Å². The van der Waals surface area contributed by atoms with Gasteiger partial charge in [0.05, 0.1) is 14.2 Å². The molecule has 0 spiro atoms. The number of aromatic hydroxyl groups is 2. The van der Waals surface area contributed by atoms with Crippen LogP contribution in [0, 0.1) is 0 Å². The predicted octanol–water partition coefficient (Wildman–Crippen LogP) is 2.51. The summed E-state index contributed by atoms with van der Waals surface area (Å²) in [5.41, 5.74) is 1.49. The molecule has 0 aliphatic rings. The summed E-state index contributed by atoms with van der Waals surface area (Å²) in [6.07, 6.45) is 0. The van der Waals surface area contributed by atoms with Crippen molar-refractivity contribution in [3.05, 3.63) is 47.5 Å². The summed E-state index contributed by atoms with van der Waals surface area (Å²) in [7, 11) is 2.77. The van der Waals surface area contributed by atoms with Crippen LogP contribution in [-0.4, -0.2) is 30.4 Å². The highest BCUT2D eigenvalue weighted by Crippen LogP contribution is 2.26. The number of phenolic OH excluding ortho intramolecular Hbond substituents is 2. The van der Waals surface area contributed by atoms with Crippen molar-refractivity contribution in [3.63, 3.8) is 0 Å². The van der Waals surface area contributed by atoms with Crippen molar-refractivity contribution in [1.82, 2.24) is 0 Å². The van der Waals surface area contributed by atoms with Gasteiger partial charge in [-0.25, -0.2) is 4.79 Å². The van der Waals surface area contributed by atoms with Crippen LogP contribution in [0.3, 0.4) is 0 Å². The molecule has 6 nitrogen and oxygen atoms in total. The summed E-state index contributed by atoms with van der Waals surface area (Å²) in [5, 5.41) is 22.2. The van der Waals surface area contributed by atoms with E-state index in [4.69, 9.17) is 9.47 Å². The molecule has 0 fully saturated rings. The SMILES string of the molecule is COC(=O)c1cc(NCc2cc(O)ccc2O)ccc1OC. The Hall–Kier alpha value is -2.89. The molecule has 0 atom stereocenters. The van der Waals surface area contributed by atoms with Crippen LogP contribution < -0.4 is 10.1 Å². The lowest BCUT2D eigenvalue weighted by Crippen LogP contribution is -2.06. The predicted molar refractivity (Wildman–Crippen MR) is 81.4 cm³/mol. The van der Waals surface area contributed by atoms with E-state index in [1.807, 2.05) is 0 Å². The van der Waals surface area contributed by atoms with E-state index >= 15 is 0 Å². The number of hydrogen-bond acceptors (Lipinski definition) is 6. The molecule has 0 heterocycles. The molecule has 3 N–H and O–H groups in total. The second-order valence-electron chi connectivity index (χ2n) is 4.57. The van der Waals surface area contributed by atoms with Crippen LogP contribution in [0.1, 0.15) is 15.9 Å². The monoisotopic (exact) mass is 303 g/mol. The third kappa shape index (κ3) is 3.41. The van der Waals surface area contributed by atoms with Crippen LogP contribution in [0.5, 0.6) is 17.2 Å².